The molecule has 0 saturated carbocycles. The van der Waals surface area contributed by atoms with E-state index in [1.807, 2.05) is 0 Å². The van der Waals surface area contributed by atoms with Crippen LogP contribution in [0.1, 0.15) is 12.5 Å². The SMILES string of the molecule is [CH-]=CC.[CH]c1cc[c-]cc1.[Y]. The molecule has 0 spiro atoms. The third kappa shape index (κ3) is 10.1. The smallest absolute Gasteiger partial charge is 0 e. The van der Waals surface area contributed by atoms with Gasteiger partial charge < -0.3 is 6.58 Å². The van der Waals surface area contributed by atoms with Crippen LogP contribution in [0, 0.1) is 19.6 Å². The number of hydrogen-bond acceptors (Lipinski definition) is 0. The number of rotatable bonds is 0. The van der Waals surface area contributed by atoms with E-state index in [2.05, 4.69) is 6.07 Å². The molecule has 0 atom stereocenters. The summed E-state index contributed by atoms with van der Waals surface area (Å²) in [7, 11) is 0. The van der Waals surface area contributed by atoms with E-state index in [-0.39, 0.29) is 32.7 Å². The second-order valence-corrected chi connectivity index (χ2v) is 1.67. The van der Waals surface area contributed by atoms with Crippen molar-refractivity contribution in [3.8, 4) is 0 Å². The zero-order valence-corrected chi connectivity index (χ0v) is 9.46. The van der Waals surface area contributed by atoms with Crippen molar-refractivity contribution in [2.24, 2.45) is 0 Å². The Morgan fingerprint density at radius 1 is 1.45 bits per heavy atom. The topological polar surface area (TPSA) is 0 Å². The zero-order valence-electron chi connectivity index (χ0n) is 6.62. The van der Waals surface area contributed by atoms with Gasteiger partial charge in [-0.2, -0.15) is 35.9 Å². The van der Waals surface area contributed by atoms with Gasteiger partial charge in [-0.1, -0.05) is 6.92 Å². The Hall–Kier alpha value is 0.0639. The molecule has 1 aromatic rings. The van der Waals surface area contributed by atoms with E-state index in [1.54, 1.807) is 31.2 Å². The summed E-state index contributed by atoms with van der Waals surface area (Å²) in [6.45, 7) is 11.8. The van der Waals surface area contributed by atoms with Gasteiger partial charge in [0.1, 0.15) is 0 Å². The molecule has 0 aliphatic rings. The van der Waals surface area contributed by atoms with Crippen LogP contribution in [0.3, 0.4) is 0 Å². The second-order valence-electron chi connectivity index (χ2n) is 1.67. The molecule has 0 nitrogen and oxygen atoms in total. The van der Waals surface area contributed by atoms with Gasteiger partial charge in [-0.25, -0.2) is 0 Å². The predicted molar refractivity (Wildman–Crippen MR) is 43.2 cm³/mol. The Bertz CT molecular complexity index is 167. The average Bonchev–Trinajstić information content (AvgIpc) is 1.91. The molecule has 0 saturated heterocycles. The molecule has 0 aliphatic carbocycles. The van der Waals surface area contributed by atoms with Crippen molar-refractivity contribution >= 4 is 0 Å². The summed E-state index contributed by atoms with van der Waals surface area (Å²) in [6, 6.07) is 10.0. The van der Waals surface area contributed by atoms with Crippen LogP contribution in [-0.4, -0.2) is 0 Å². The summed E-state index contributed by atoms with van der Waals surface area (Å²) in [5.74, 6) is 0. The summed E-state index contributed by atoms with van der Waals surface area (Å²) < 4.78 is 0. The molecule has 1 heteroatoms. The maximum atomic E-state index is 5.34. The molecule has 1 rings (SSSR count). The van der Waals surface area contributed by atoms with Crippen molar-refractivity contribution in [1.29, 1.82) is 0 Å². The number of hydrogen-bond donors (Lipinski definition) is 0. The van der Waals surface area contributed by atoms with Crippen LogP contribution in [0.2, 0.25) is 0 Å². The average molecular weight is 219 g/mol. The first-order valence-electron chi connectivity index (χ1n) is 3.02. The van der Waals surface area contributed by atoms with Crippen molar-refractivity contribution in [3.05, 3.63) is 55.5 Å². The molecule has 55 valence electrons. The van der Waals surface area contributed by atoms with Gasteiger partial charge in [0.05, 0.1) is 0 Å². The van der Waals surface area contributed by atoms with E-state index < -0.39 is 0 Å². The Labute approximate surface area is 94.6 Å². The van der Waals surface area contributed by atoms with E-state index >= 15 is 0 Å². The fourth-order valence-electron chi connectivity index (χ4n) is 0.400. The molecule has 3 radical (unpaired) electrons. The summed E-state index contributed by atoms with van der Waals surface area (Å²) in [4.78, 5) is 0. The number of allylic oxidation sites excluding steroid dienone is 1. The molecule has 0 heterocycles. The predicted octanol–water partition coefficient (Wildman–Crippen LogP) is 2.54. The Kier molecular flexibility index (Phi) is 12.5. The molecule has 0 bridgehead atoms. The first-order chi connectivity index (χ1) is 4.81. The third-order valence-electron chi connectivity index (χ3n) is 0.744. The second kappa shape index (κ2) is 10.1. The van der Waals surface area contributed by atoms with Gasteiger partial charge in [0.15, 0.2) is 0 Å². The first kappa shape index (κ1) is 13.6. The molecule has 0 amide bonds. The van der Waals surface area contributed by atoms with Gasteiger partial charge in [0.25, 0.3) is 0 Å². The minimum absolute atomic E-state index is 0. The molecular weight excluding hydrogens is 209 g/mol. The van der Waals surface area contributed by atoms with E-state index in [0.29, 0.717) is 0 Å². The van der Waals surface area contributed by atoms with Crippen LogP contribution in [0.5, 0.6) is 0 Å². The van der Waals surface area contributed by atoms with E-state index in [0.717, 1.165) is 5.56 Å². The summed E-state index contributed by atoms with van der Waals surface area (Å²) in [6.07, 6.45) is 1.50. The molecular formula is C10H10Y-2. The van der Waals surface area contributed by atoms with Gasteiger partial charge in [-0.05, 0) is 6.92 Å². The summed E-state index contributed by atoms with van der Waals surface area (Å²) >= 11 is 0. The largest absolute Gasteiger partial charge is 0.518 e. The van der Waals surface area contributed by atoms with Crippen LogP contribution >= 0.6 is 0 Å². The molecule has 1 aromatic carbocycles. The quantitative estimate of drug-likeness (QED) is 0.588. The molecule has 11 heavy (non-hydrogen) atoms. The summed E-state index contributed by atoms with van der Waals surface area (Å²) in [5.41, 5.74) is 0.791. The first-order valence-corrected chi connectivity index (χ1v) is 3.02. The minimum Gasteiger partial charge on any atom is -0.518 e. The van der Waals surface area contributed by atoms with Crippen molar-refractivity contribution in [1.82, 2.24) is 0 Å². The van der Waals surface area contributed by atoms with Crippen LogP contribution in [-0.2, 0) is 32.7 Å². The molecule has 0 unspecified atom stereocenters. The standard InChI is InChI=1S/C7H5.C3H5.Y/c1-7-5-3-2-4-6-7;1-3-2;/h1,3-6H;1,3H,2H3;/q2*-1;. The van der Waals surface area contributed by atoms with Crippen molar-refractivity contribution in [2.75, 3.05) is 0 Å². The Balaban J connectivity index is 0. The minimum atomic E-state index is 0. The molecule has 0 aromatic heterocycles. The molecule has 0 aliphatic heterocycles. The third-order valence-corrected chi connectivity index (χ3v) is 0.744. The summed E-state index contributed by atoms with van der Waals surface area (Å²) in [5, 5.41) is 0. The van der Waals surface area contributed by atoms with Crippen molar-refractivity contribution < 1.29 is 32.7 Å². The van der Waals surface area contributed by atoms with Crippen LogP contribution in [0.15, 0.2) is 30.3 Å². The van der Waals surface area contributed by atoms with Crippen LogP contribution in [0.25, 0.3) is 0 Å². The molecule has 0 fully saturated rings. The van der Waals surface area contributed by atoms with Gasteiger partial charge in [0, 0.05) is 32.7 Å². The van der Waals surface area contributed by atoms with Crippen LogP contribution in [0.4, 0.5) is 0 Å². The van der Waals surface area contributed by atoms with Crippen LogP contribution < -0.4 is 0 Å². The van der Waals surface area contributed by atoms with E-state index in [4.69, 9.17) is 13.5 Å². The van der Waals surface area contributed by atoms with Crippen molar-refractivity contribution in [2.45, 2.75) is 6.92 Å². The Morgan fingerprint density at radius 2 is 1.82 bits per heavy atom. The van der Waals surface area contributed by atoms with Gasteiger partial charge in [-0.15, -0.1) is 0 Å². The maximum absolute atomic E-state index is 5.34. The van der Waals surface area contributed by atoms with Gasteiger partial charge >= 0.3 is 0 Å². The normalized spacial score (nSPS) is 6.73. The fourth-order valence-corrected chi connectivity index (χ4v) is 0.400. The van der Waals surface area contributed by atoms with Gasteiger partial charge in [-0.3, -0.25) is 6.08 Å². The zero-order chi connectivity index (χ0) is 7.82. The fraction of sp³-hybridized carbons (Fsp3) is 0.100. The Morgan fingerprint density at radius 3 is 2.00 bits per heavy atom. The van der Waals surface area contributed by atoms with Gasteiger partial charge in [0.2, 0.25) is 0 Å². The van der Waals surface area contributed by atoms with Crippen molar-refractivity contribution in [3.63, 3.8) is 0 Å². The van der Waals surface area contributed by atoms with E-state index in [9.17, 15) is 0 Å². The molecule has 0 N–H and O–H groups in total. The maximum Gasteiger partial charge on any atom is 0 e. The van der Waals surface area contributed by atoms with E-state index in [1.165, 1.54) is 6.08 Å². The monoisotopic (exact) mass is 219 g/mol. The number of benzene rings is 1.